The number of pyridine rings is 1. The van der Waals surface area contributed by atoms with E-state index in [1.165, 1.54) is 7.11 Å². The number of carbonyl (C=O) groups is 2. The van der Waals surface area contributed by atoms with Crippen LogP contribution in [0.1, 0.15) is 19.0 Å². The Balaban J connectivity index is 1.98. The van der Waals surface area contributed by atoms with E-state index in [2.05, 4.69) is 24.3 Å². The number of benzene rings is 3. The summed E-state index contributed by atoms with van der Waals surface area (Å²) in [5.74, 6) is -0.586. The summed E-state index contributed by atoms with van der Waals surface area (Å²) in [6.07, 6.45) is -0.0562. The number of ether oxygens (including phenoxy) is 1. The molecule has 29 heavy (non-hydrogen) atoms. The number of hydrogen-bond acceptors (Lipinski definition) is 4. The molecule has 0 spiro atoms. The Morgan fingerprint density at radius 3 is 2.59 bits per heavy atom. The second kappa shape index (κ2) is 6.01. The molecule has 0 aliphatic carbocycles. The van der Waals surface area contributed by atoms with Gasteiger partial charge in [-0.25, -0.2) is 0 Å². The molecule has 1 amide bonds. The molecule has 0 fully saturated rings. The van der Waals surface area contributed by atoms with Crippen LogP contribution in [0.2, 0.25) is 0 Å². The summed E-state index contributed by atoms with van der Waals surface area (Å²) in [7, 11) is 3.09. The highest BCUT2D eigenvalue weighted by molar-refractivity contribution is 6.22. The van der Waals surface area contributed by atoms with Crippen LogP contribution in [0, 0.1) is 0 Å². The van der Waals surface area contributed by atoms with Gasteiger partial charge in [-0.05, 0) is 23.8 Å². The number of carbonyl (C=O) groups excluding carboxylic acids is 2. The maximum Gasteiger partial charge on any atom is 0.306 e. The molecule has 5 heteroatoms. The van der Waals surface area contributed by atoms with Gasteiger partial charge >= 0.3 is 5.97 Å². The van der Waals surface area contributed by atoms with Crippen LogP contribution in [0.25, 0.3) is 32.4 Å². The number of aromatic nitrogens is 1. The second-order valence-corrected chi connectivity index (χ2v) is 7.79. The number of likely N-dealkylation sites (N-methyl/N-ethyl adjacent to an activating group) is 1. The SMILES string of the molecule is COC(=O)CC1(C)C(=O)N(C)c2cccc3c2c1nc1c2ccccc2ccc31. The maximum absolute atomic E-state index is 13.4. The van der Waals surface area contributed by atoms with Crippen molar-refractivity contribution in [2.24, 2.45) is 0 Å². The van der Waals surface area contributed by atoms with E-state index in [9.17, 15) is 9.59 Å². The van der Waals surface area contributed by atoms with E-state index in [-0.39, 0.29) is 12.3 Å². The van der Waals surface area contributed by atoms with E-state index in [0.717, 1.165) is 38.1 Å². The average Bonchev–Trinajstić information content (AvgIpc) is 2.75. The van der Waals surface area contributed by atoms with Gasteiger partial charge in [0.05, 0.1) is 30.4 Å². The molecule has 1 atom stereocenters. The monoisotopic (exact) mass is 384 g/mol. The Morgan fingerprint density at radius 1 is 1.03 bits per heavy atom. The number of hydrogen-bond donors (Lipinski definition) is 0. The average molecular weight is 384 g/mol. The molecule has 5 rings (SSSR count). The highest BCUT2D eigenvalue weighted by Gasteiger charge is 2.46. The smallest absolute Gasteiger partial charge is 0.306 e. The Bertz CT molecular complexity index is 1340. The largest absolute Gasteiger partial charge is 0.469 e. The van der Waals surface area contributed by atoms with Crippen LogP contribution in [0.4, 0.5) is 5.69 Å². The molecule has 2 heterocycles. The van der Waals surface area contributed by atoms with Gasteiger partial charge in [-0.15, -0.1) is 0 Å². The summed E-state index contributed by atoms with van der Waals surface area (Å²) in [5.41, 5.74) is 1.20. The van der Waals surface area contributed by atoms with Gasteiger partial charge in [0, 0.05) is 23.2 Å². The molecule has 0 saturated carbocycles. The third-order valence-corrected chi connectivity index (χ3v) is 6.08. The lowest BCUT2D eigenvalue weighted by Crippen LogP contribution is -2.48. The summed E-state index contributed by atoms with van der Waals surface area (Å²) in [4.78, 5) is 32.3. The minimum absolute atomic E-state index is 0.0562. The topological polar surface area (TPSA) is 59.5 Å². The van der Waals surface area contributed by atoms with Crippen LogP contribution in [-0.2, 0) is 19.7 Å². The van der Waals surface area contributed by atoms with Gasteiger partial charge < -0.3 is 9.64 Å². The summed E-state index contributed by atoms with van der Waals surface area (Å²) in [5, 5.41) is 5.10. The lowest BCUT2D eigenvalue weighted by atomic mass is 9.76. The standard InChI is InChI=1S/C24H20N2O3/c1-24(13-19(27)29-3)22-20-16(9-6-10-18(20)26(2)23(24)28)17-12-11-14-7-4-5-8-15(14)21(17)25-22/h4-12H,13H2,1-3H3. The molecular weight excluding hydrogens is 364 g/mol. The van der Waals surface area contributed by atoms with Crippen LogP contribution in [-0.4, -0.2) is 31.0 Å². The number of nitrogens with zero attached hydrogens (tertiary/aromatic N) is 2. The van der Waals surface area contributed by atoms with Crippen molar-refractivity contribution < 1.29 is 14.3 Å². The number of methoxy groups -OCH3 is 1. The zero-order chi connectivity index (χ0) is 20.3. The first-order chi connectivity index (χ1) is 14.0. The molecular formula is C24H20N2O3. The molecule has 1 aromatic heterocycles. The van der Waals surface area contributed by atoms with Crippen molar-refractivity contribution >= 4 is 50.0 Å². The van der Waals surface area contributed by atoms with Crippen molar-refractivity contribution in [2.45, 2.75) is 18.8 Å². The molecule has 1 aliphatic heterocycles. The second-order valence-electron chi connectivity index (χ2n) is 7.79. The molecule has 3 aromatic carbocycles. The molecule has 1 unspecified atom stereocenters. The van der Waals surface area contributed by atoms with Crippen LogP contribution in [0.15, 0.2) is 54.6 Å². The fraction of sp³-hybridized carbons (Fsp3) is 0.208. The molecule has 144 valence electrons. The van der Waals surface area contributed by atoms with Crippen LogP contribution in [0.3, 0.4) is 0 Å². The van der Waals surface area contributed by atoms with Gasteiger partial charge in [0.25, 0.3) is 0 Å². The van der Waals surface area contributed by atoms with Crippen LogP contribution >= 0.6 is 0 Å². The summed E-state index contributed by atoms with van der Waals surface area (Å²) in [6.45, 7) is 1.79. The highest BCUT2D eigenvalue weighted by Crippen LogP contribution is 2.46. The van der Waals surface area contributed by atoms with Gasteiger partial charge in [0.15, 0.2) is 0 Å². The molecule has 0 saturated heterocycles. The van der Waals surface area contributed by atoms with Gasteiger partial charge in [-0.1, -0.05) is 48.5 Å². The predicted molar refractivity (Wildman–Crippen MR) is 114 cm³/mol. The van der Waals surface area contributed by atoms with E-state index in [1.54, 1.807) is 18.9 Å². The van der Waals surface area contributed by atoms with E-state index in [0.29, 0.717) is 5.69 Å². The van der Waals surface area contributed by atoms with Crippen LogP contribution < -0.4 is 4.90 Å². The molecule has 4 aromatic rings. The van der Waals surface area contributed by atoms with Crippen molar-refractivity contribution in [1.82, 2.24) is 4.98 Å². The summed E-state index contributed by atoms with van der Waals surface area (Å²) >= 11 is 0. The van der Waals surface area contributed by atoms with Crippen molar-refractivity contribution in [3.05, 3.63) is 60.3 Å². The Labute approximate surface area is 167 Å². The van der Waals surface area contributed by atoms with Crippen LogP contribution in [0.5, 0.6) is 0 Å². The van der Waals surface area contributed by atoms with Gasteiger partial charge in [0.2, 0.25) is 5.91 Å². The Morgan fingerprint density at radius 2 is 1.79 bits per heavy atom. The number of rotatable bonds is 2. The first-order valence-electron chi connectivity index (χ1n) is 9.55. The predicted octanol–water partition coefficient (Wildman–Crippen LogP) is 4.34. The molecule has 0 N–H and O–H groups in total. The van der Waals surface area contributed by atoms with Gasteiger partial charge in [0.1, 0.15) is 5.41 Å². The zero-order valence-electron chi connectivity index (χ0n) is 16.5. The minimum atomic E-state index is -1.10. The molecule has 0 radical (unpaired) electrons. The lowest BCUT2D eigenvalue weighted by Gasteiger charge is -2.38. The molecule has 1 aliphatic rings. The quantitative estimate of drug-likeness (QED) is 0.381. The number of esters is 1. The van der Waals surface area contributed by atoms with E-state index in [4.69, 9.17) is 9.72 Å². The number of fused-ring (bicyclic) bond motifs is 4. The minimum Gasteiger partial charge on any atom is -0.469 e. The number of amides is 1. The summed E-state index contributed by atoms with van der Waals surface area (Å²) in [6, 6.07) is 18.2. The van der Waals surface area contributed by atoms with E-state index < -0.39 is 11.4 Å². The normalized spacial score (nSPS) is 18.6. The first-order valence-corrected chi connectivity index (χ1v) is 9.55. The van der Waals surface area contributed by atoms with Crippen molar-refractivity contribution in [3.63, 3.8) is 0 Å². The first kappa shape index (κ1) is 17.6. The van der Waals surface area contributed by atoms with E-state index >= 15 is 0 Å². The molecule has 0 bridgehead atoms. The lowest BCUT2D eigenvalue weighted by molar-refractivity contribution is -0.144. The zero-order valence-corrected chi connectivity index (χ0v) is 16.5. The van der Waals surface area contributed by atoms with Gasteiger partial charge in [-0.3, -0.25) is 14.6 Å². The van der Waals surface area contributed by atoms with Crippen molar-refractivity contribution in [1.29, 1.82) is 0 Å². The maximum atomic E-state index is 13.4. The third-order valence-electron chi connectivity index (χ3n) is 6.08. The fourth-order valence-corrected chi connectivity index (χ4v) is 4.55. The summed E-state index contributed by atoms with van der Waals surface area (Å²) < 4.78 is 4.91. The van der Waals surface area contributed by atoms with Crippen molar-refractivity contribution in [2.75, 3.05) is 19.1 Å². The fourth-order valence-electron chi connectivity index (χ4n) is 4.55. The number of anilines is 1. The third kappa shape index (κ3) is 2.30. The highest BCUT2D eigenvalue weighted by atomic mass is 16.5. The Hall–Kier alpha value is -3.47. The van der Waals surface area contributed by atoms with E-state index in [1.807, 2.05) is 30.3 Å². The molecule has 5 nitrogen and oxygen atoms in total. The Kier molecular flexibility index (Phi) is 3.65. The van der Waals surface area contributed by atoms with Crippen molar-refractivity contribution in [3.8, 4) is 0 Å². The van der Waals surface area contributed by atoms with Gasteiger partial charge in [-0.2, -0.15) is 0 Å².